The number of hydrogen-bond donors (Lipinski definition) is 0. The summed E-state index contributed by atoms with van der Waals surface area (Å²) in [6.45, 7) is 3.03. The number of carbonyl (C=O) groups is 1. The fraction of sp³-hybridized carbons (Fsp3) is 0.308. The molecule has 1 amide bonds. The molecule has 3 heterocycles. The van der Waals surface area contributed by atoms with E-state index in [9.17, 15) is 4.79 Å². The van der Waals surface area contributed by atoms with Gasteiger partial charge >= 0.3 is 0 Å². The average Bonchev–Trinajstić information content (AvgIpc) is 3.02. The molecular formula is C13H14N4OS. The van der Waals surface area contributed by atoms with E-state index in [4.69, 9.17) is 0 Å². The third-order valence-corrected chi connectivity index (χ3v) is 3.89. The first-order valence-corrected chi connectivity index (χ1v) is 7.11. The predicted octanol–water partition coefficient (Wildman–Crippen LogP) is 1.48. The Kier molecular flexibility index (Phi) is 3.41. The van der Waals surface area contributed by atoms with Gasteiger partial charge in [-0.15, -0.1) is 0 Å². The predicted molar refractivity (Wildman–Crippen MR) is 75.2 cm³/mol. The van der Waals surface area contributed by atoms with Gasteiger partial charge in [-0.05, 0) is 17.5 Å². The number of piperazine rings is 1. The lowest BCUT2D eigenvalue weighted by Gasteiger charge is -2.32. The standard InChI is InChI=1S/C13H14N4OS/c18-10-16-4-6-17(7-5-16)13-14-3-1-12(15-13)11-2-8-19-9-11/h1-3,8-10H,4-7H2. The molecule has 1 fully saturated rings. The third-order valence-electron chi connectivity index (χ3n) is 3.21. The zero-order valence-electron chi connectivity index (χ0n) is 10.4. The molecule has 0 aliphatic carbocycles. The van der Waals surface area contributed by atoms with E-state index in [1.165, 1.54) is 0 Å². The van der Waals surface area contributed by atoms with E-state index in [0.717, 1.165) is 49.8 Å². The number of amides is 1. The molecule has 5 nitrogen and oxygen atoms in total. The molecule has 98 valence electrons. The Bertz CT molecular complexity index is 550. The molecule has 0 atom stereocenters. The summed E-state index contributed by atoms with van der Waals surface area (Å²) in [5.74, 6) is 0.745. The Balaban J connectivity index is 1.79. The summed E-state index contributed by atoms with van der Waals surface area (Å²) in [6, 6.07) is 3.98. The van der Waals surface area contributed by atoms with Gasteiger partial charge in [-0.25, -0.2) is 9.97 Å². The lowest BCUT2D eigenvalue weighted by Crippen LogP contribution is -2.46. The van der Waals surface area contributed by atoms with E-state index >= 15 is 0 Å². The number of aromatic nitrogens is 2. The van der Waals surface area contributed by atoms with Crippen LogP contribution in [0, 0.1) is 0 Å². The molecule has 0 unspecified atom stereocenters. The van der Waals surface area contributed by atoms with Gasteiger partial charge in [-0.1, -0.05) is 0 Å². The highest BCUT2D eigenvalue weighted by molar-refractivity contribution is 7.08. The van der Waals surface area contributed by atoms with Crippen LogP contribution in [0.2, 0.25) is 0 Å². The number of carbonyl (C=O) groups excluding carboxylic acids is 1. The van der Waals surface area contributed by atoms with Crippen LogP contribution in [-0.2, 0) is 4.79 Å². The first-order chi connectivity index (χ1) is 9.36. The third kappa shape index (κ3) is 2.58. The van der Waals surface area contributed by atoms with Crippen molar-refractivity contribution in [1.82, 2.24) is 14.9 Å². The van der Waals surface area contributed by atoms with Crippen LogP contribution in [0.3, 0.4) is 0 Å². The van der Waals surface area contributed by atoms with Crippen molar-refractivity contribution in [1.29, 1.82) is 0 Å². The van der Waals surface area contributed by atoms with Crippen molar-refractivity contribution in [2.75, 3.05) is 31.1 Å². The molecule has 2 aromatic heterocycles. The molecule has 1 aliphatic rings. The van der Waals surface area contributed by atoms with Crippen molar-refractivity contribution in [3.8, 4) is 11.3 Å². The molecule has 0 N–H and O–H groups in total. The van der Waals surface area contributed by atoms with Crippen molar-refractivity contribution in [2.45, 2.75) is 0 Å². The summed E-state index contributed by atoms with van der Waals surface area (Å²) in [6.07, 6.45) is 2.70. The summed E-state index contributed by atoms with van der Waals surface area (Å²) < 4.78 is 0. The molecule has 2 aromatic rings. The number of hydrogen-bond acceptors (Lipinski definition) is 5. The summed E-state index contributed by atoms with van der Waals surface area (Å²) >= 11 is 1.66. The zero-order valence-corrected chi connectivity index (χ0v) is 11.2. The number of rotatable bonds is 3. The van der Waals surface area contributed by atoms with Crippen LogP contribution < -0.4 is 4.90 Å². The highest BCUT2D eigenvalue weighted by Crippen LogP contribution is 2.21. The van der Waals surface area contributed by atoms with Gasteiger partial charge in [0, 0.05) is 43.3 Å². The maximum absolute atomic E-state index is 10.7. The lowest BCUT2D eigenvalue weighted by molar-refractivity contribution is -0.118. The van der Waals surface area contributed by atoms with Crippen LogP contribution in [0.1, 0.15) is 0 Å². The Morgan fingerprint density at radius 2 is 2.05 bits per heavy atom. The molecule has 1 aliphatic heterocycles. The molecule has 6 heteroatoms. The van der Waals surface area contributed by atoms with Gasteiger partial charge in [0.25, 0.3) is 0 Å². The Labute approximate surface area is 115 Å². The van der Waals surface area contributed by atoms with Gasteiger partial charge in [0.2, 0.25) is 12.4 Å². The van der Waals surface area contributed by atoms with Gasteiger partial charge in [-0.2, -0.15) is 11.3 Å². The van der Waals surface area contributed by atoms with Crippen molar-refractivity contribution in [3.05, 3.63) is 29.1 Å². The minimum atomic E-state index is 0.732. The second kappa shape index (κ2) is 5.36. The number of anilines is 1. The van der Waals surface area contributed by atoms with E-state index < -0.39 is 0 Å². The largest absolute Gasteiger partial charge is 0.342 e. The smallest absolute Gasteiger partial charge is 0.225 e. The Morgan fingerprint density at radius 1 is 1.21 bits per heavy atom. The molecule has 0 spiro atoms. The summed E-state index contributed by atoms with van der Waals surface area (Å²) in [4.78, 5) is 23.5. The van der Waals surface area contributed by atoms with Gasteiger partial charge in [0.15, 0.2) is 0 Å². The summed E-state index contributed by atoms with van der Waals surface area (Å²) in [5.41, 5.74) is 2.07. The monoisotopic (exact) mass is 274 g/mol. The van der Waals surface area contributed by atoms with Gasteiger partial charge < -0.3 is 9.80 Å². The molecule has 0 radical (unpaired) electrons. The van der Waals surface area contributed by atoms with E-state index in [-0.39, 0.29) is 0 Å². The van der Waals surface area contributed by atoms with E-state index in [1.54, 1.807) is 22.4 Å². The molecule has 1 saturated heterocycles. The highest BCUT2D eigenvalue weighted by atomic mass is 32.1. The summed E-state index contributed by atoms with van der Waals surface area (Å²) in [5, 5.41) is 4.12. The topological polar surface area (TPSA) is 49.3 Å². The van der Waals surface area contributed by atoms with Crippen LogP contribution in [0.4, 0.5) is 5.95 Å². The van der Waals surface area contributed by atoms with Crippen molar-refractivity contribution >= 4 is 23.7 Å². The van der Waals surface area contributed by atoms with Crippen molar-refractivity contribution < 1.29 is 4.79 Å². The van der Waals surface area contributed by atoms with Crippen molar-refractivity contribution in [3.63, 3.8) is 0 Å². The highest BCUT2D eigenvalue weighted by Gasteiger charge is 2.18. The Morgan fingerprint density at radius 3 is 2.74 bits per heavy atom. The Hall–Kier alpha value is -1.95. The first kappa shape index (κ1) is 12.1. The van der Waals surface area contributed by atoms with E-state index in [0.29, 0.717) is 0 Å². The maximum atomic E-state index is 10.7. The minimum absolute atomic E-state index is 0.732. The quantitative estimate of drug-likeness (QED) is 0.796. The minimum Gasteiger partial charge on any atom is -0.342 e. The average molecular weight is 274 g/mol. The molecule has 0 saturated carbocycles. The zero-order chi connectivity index (χ0) is 13.1. The van der Waals surface area contributed by atoms with Crippen LogP contribution in [0.25, 0.3) is 11.3 Å². The first-order valence-electron chi connectivity index (χ1n) is 6.17. The second-order valence-corrected chi connectivity index (χ2v) is 5.16. The molecule has 19 heavy (non-hydrogen) atoms. The second-order valence-electron chi connectivity index (χ2n) is 4.38. The maximum Gasteiger partial charge on any atom is 0.225 e. The normalized spacial score (nSPS) is 15.6. The molecule has 0 aromatic carbocycles. The van der Waals surface area contributed by atoms with Gasteiger partial charge in [0.05, 0.1) is 5.69 Å². The fourth-order valence-electron chi connectivity index (χ4n) is 2.10. The SMILES string of the molecule is O=CN1CCN(c2nccc(-c3ccsc3)n2)CC1. The van der Waals surface area contributed by atoms with Gasteiger partial charge in [-0.3, -0.25) is 4.79 Å². The molecule has 0 bridgehead atoms. The lowest BCUT2D eigenvalue weighted by atomic mass is 10.2. The molecular weight excluding hydrogens is 260 g/mol. The number of nitrogens with zero attached hydrogens (tertiary/aromatic N) is 4. The van der Waals surface area contributed by atoms with Crippen LogP contribution in [0.15, 0.2) is 29.1 Å². The van der Waals surface area contributed by atoms with Crippen LogP contribution in [0.5, 0.6) is 0 Å². The number of thiophene rings is 1. The van der Waals surface area contributed by atoms with Gasteiger partial charge in [0.1, 0.15) is 0 Å². The van der Waals surface area contributed by atoms with Crippen molar-refractivity contribution in [2.24, 2.45) is 0 Å². The van der Waals surface area contributed by atoms with Crippen LogP contribution >= 0.6 is 11.3 Å². The van der Waals surface area contributed by atoms with E-state index in [2.05, 4.69) is 26.3 Å². The summed E-state index contributed by atoms with van der Waals surface area (Å²) in [7, 11) is 0. The fourth-order valence-corrected chi connectivity index (χ4v) is 2.75. The molecule has 3 rings (SSSR count). The van der Waals surface area contributed by atoms with E-state index in [1.807, 2.05) is 11.4 Å². The van der Waals surface area contributed by atoms with Crippen LogP contribution in [-0.4, -0.2) is 47.5 Å².